The number of hydrogen-bond donors (Lipinski definition) is 0. The molecule has 0 bridgehead atoms. The maximum absolute atomic E-state index is 8.68. The van der Waals surface area contributed by atoms with E-state index in [0.717, 1.165) is 18.4 Å². The van der Waals surface area contributed by atoms with E-state index in [-0.39, 0.29) is 0 Å². The molecular formula is C12H12ClNO. The van der Waals surface area contributed by atoms with Crippen LogP contribution in [0.25, 0.3) is 0 Å². The van der Waals surface area contributed by atoms with Crippen molar-refractivity contribution in [2.24, 2.45) is 0 Å². The number of rotatable bonds is 3. The van der Waals surface area contributed by atoms with Crippen molar-refractivity contribution in [1.82, 2.24) is 0 Å². The van der Waals surface area contributed by atoms with E-state index in [1.54, 1.807) is 12.1 Å². The molecule has 0 aromatic heterocycles. The van der Waals surface area contributed by atoms with Crippen molar-refractivity contribution in [3.8, 4) is 6.07 Å². The summed E-state index contributed by atoms with van der Waals surface area (Å²) in [6, 6.07) is 7.37. The lowest BCUT2D eigenvalue weighted by molar-refractivity contribution is -0.00862. The van der Waals surface area contributed by atoms with Crippen LogP contribution in [0.15, 0.2) is 18.2 Å². The highest BCUT2D eigenvalue weighted by molar-refractivity contribution is 6.31. The van der Waals surface area contributed by atoms with Gasteiger partial charge >= 0.3 is 0 Å². The topological polar surface area (TPSA) is 33.0 Å². The average molecular weight is 222 g/mol. The molecule has 1 aliphatic carbocycles. The highest BCUT2D eigenvalue weighted by atomic mass is 35.5. The smallest absolute Gasteiger partial charge is 0.0992 e. The van der Waals surface area contributed by atoms with Crippen molar-refractivity contribution in [2.45, 2.75) is 32.0 Å². The fraction of sp³-hybridized carbons (Fsp3) is 0.417. The van der Waals surface area contributed by atoms with Crippen LogP contribution < -0.4 is 0 Å². The number of nitriles is 1. The van der Waals surface area contributed by atoms with Gasteiger partial charge in [0.1, 0.15) is 0 Å². The Labute approximate surface area is 94.4 Å². The number of nitrogens with zero attached hydrogens (tertiary/aromatic N) is 1. The Hall–Kier alpha value is -1.04. The molecule has 1 aromatic carbocycles. The molecule has 0 heterocycles. The van der Waals surface area contributed by atoms with Gasteiger partial charge in [-0.2, -0.15) is 5.26 Å². The summed E-state index contributed by atoms with van der Waals surface area (Å²) in [5, 5.41) is 9.30. The maximum atomic E-state index is 8.68. The minimum Gasteiger partial charge on any atom is -0.373 e. The molecule has 0 atom stereocenters. The Morgan fingerprint density at radius 3 is 2.80 bits per heavy atom. The maximum Gasteiger partial charge on any atom is 0.0992 e. The van der Waals surface area contributed by atoms with E-state index in [1.165, 1.54) is 6.42 Å². The summed E-state index contributed by atoms with van der Waals surface area (Å²) in [5.74, 6) is 0. The van der Waals surface area contributed by atoms with Crippen molar-refractivity contribution in [3.05, 3.63) is 34.3 Å². The lowest BCUT2D eigenvalue weighted by atomic mass is 9.96. The van der Waals surface area contributed by atoms with Crippen LogP contribution in [0.1, 0.15) is 30.4 Å². The van der Waals surface area contributed by atoms with Gasteiger partial charge in [0.25, 0.3) is 0 Å². The standard InChI is InChI=1S/C12H12ClNO/c13-12-6-9(7-14)4-5-10(12)8-15-11-2-1-3-11/h4-6,11H,1-3,8H2. The van der Waals surface area contributed by atoms with E-state index < -0.39 is 0 Å². The summed E-state index contributed by atoms with van der Waals surface area (Å²) in [6.07, 6.45) is 4.00. The zero-order valence-corrected chi connectivity index (χ0v) is 9.13. The summed E-state index contributed by atoms with van der Waals surface area (Å²) in [6.45, 7) is 0.551. The second-order valence-corrected chi connectivity index (χ2v) is 4.19. The SMILES string of the molecule is N#Cc1ccc(COC2CCC2)c(Cl)c1. The van der Waals surface area contributed by atoms with Gasteiger partial charge in [0.2, 0.25) is 0 Å². The first-order valence-electron chi connectivity index (χ1n) is 5.10. The first-order valence-corrected chi connectivity index (χ1v) is 5.47. The Kier molecular flexibility index (Phi) is 3.25. The van der Waals surface area contributed by atoms with Gasteiger partial charge in [0.05, 0.1) is 24.3 Å². The minimum absolute atomic E-state index is 0.414. The zero-order chi connectivity index (χ0) is 10.7. The summed E-state index contributed by atoms with van der Waals surface area (Å²) in [5.41, 5.74) is 1.55. The monoisotopic (exact) mass is 221 g/mol. The fourth-order valence-corrected chi connectivity index (χ4v) is 1.71. The highest BCUT2D eigenvalue weighted by Gasteiger charge is 2.18. The van der Waals surface area contributed by atoms with E-state index in [0.29, 0.717) is 23.3 Å². The van der Waals surface area contributed by atoms with Crippen molar-refractivity contribution in [3.63, 3.8) is 0 Å². The summed E-state index contributed by atoms with van der Waals surface area (Å²) in [7, 11) is 0. The average Bonchev–Trinajstić information content (AvgIpc) is 2.18. The van der Waals surface area contributed by atoms with Gasteiger partial charge in [-0.3, -0.25) is 0 Å². The van der Waals surface area contributed by atoms with E-state index in [9.17, 15) is 0 Å². The van der Waals surface area contributed by atoms with E-state index >= 15 is 0 Å². The molecule has 0 amide bonds. The first kappa shape index (κ1) is 10.5. The molecule has 15 heavy (non-hydrogen) atoms. The highest BCUT2D eigenvalue weighted by Crippen LogP contribution is 2.25. The van der Waals surface area contributed by atoms with E-state index in [4.69, 9.17) is 21.6 Å². The van der Waals surface area contributed by atoms with E-state index in [1.807, 2.05) is 6.07 Å². The third-order valence-electron chi connectivity index (χ3n) is 2.71. The normalized spacial score (nSPS) is 15.7. The molecule has 1 aliphatic rings. The van der Waals surface area contributed by atoms with Crippen LogP contribution in [0, 0.1) is 11.3 Å². The van der Waals surface area contributed by atoms with E-state index in [2.05, 4.69) is 6.07 Å². The summed E-state index contributed by atoms with van der Waals surface area (Å²) >= 11 is 6.02. The first-order chi connectivity index (χ1) is 7.29. The number of halogens is 1. The Bertz CT molecular complexity index is 393. The summed E-state index contributed by atoms with van der Waals surface area (Å²) < 4.78 is 5.65. The van der Waals surface area contributed by atoms with Gasteiger partial charge in [-0.15, -0.1) is 0 Å². The molecule has 3 heteroatoms. The zero-order valence-electron chi connectivity index (χ0n) is 8.37. The van der Waals surface area contributed by atoms with Crippen LogP contribution in [0.4, 0.5) is 0 Å². The Balaban J connectivity index is 1.98. The molecule has 1 aromatic rings. The molecule has 1 saturated carbocycles. The molecule has 78 valence electrons. The quantitative estimate of drug-likeness (QED) is 0.785. The third-order valence-corrected chi connectivity index (χ3v) is 3.06. The van der Waals surface area contributed by atoms with Gasteiger partial charge in [-0.05, 0) is 37.0 Å². The van der Waals surface area contributed by atoms with Crippen LogP contribution in [-0.2, 0) is 11.3 Å². The fourth-order valence-electron chi connectivity index (χ4n) is 1.48. The predicted molar refractivity (Wildman–Crippen MR) is 58.6 cm³/mol. The molecule has 0 N–H and O–H groups in total. The van der Waals surface area contributed by atoms with Crippen molar-refractivity contribution in [1.29, 1.82) is 5.26 Å². The van der Waals surface area contributed by atoms with Crippen molar-refractivity contribution >= 4 is 11.6 Å². The third kappa shape index (κ3) is 2.50. The molecule has 0 radical (unpaired) electrons. The second-order valence-electron chi connectivity index (χ2n) is 3.78. The van der Waals surface area contributed by atoms with Crippen LogP contribution in [0.3, 0.4) is 0 Å². The largest absolute Gasteiger partial charge is 0.373 e. The molecular weight excluding hydrogens is 210 g/mol. The lowest BCUT2D eigenvalue weighted by Gasteiger charge is -2.25. The Morgan fingerprint density at radius 2 is 2.27 bits per heavy atom. The van der Waals surface area contributed by atoms with Crippen molar-refractivity contribution in [2.75, 3.05) is 0 Å². The van der Waals surface area contributed by atoms with Crippen LogP contribution in [0.2, 0.25) is 5.02 Å². The number of ether oxygens (including phenoxy) is 1. The van der Waals surface area contributed by atoms with Crippen LogP contribution in [-0.4, -0.2) is 6.10 Å². The van der Waals surface area contributed by atoms with Gasteiger partial charge in [-0.25, -0.2) is 0 Å². The molecule has 0 unspecified atom stereocenters. The molecule has 0 aliphatic heterocycles. The van der Waals surface area contributed by atoms with Crippen LogP contribution >= 0.6 is 11.6 Å². The van der Waals surface area contributed by atoms with Gasteiger partial charge in [-0.1, -0.05) is 17.7 Å². The molecule has 0 saturated heterocycles. The van der Waals surface area contributed by atoms with Crippen molar-refractivity contribution < 1.29 is 4.74 Å². The minimum atomic E-state index is 0.414. The van der Waals surface area contributed by atoms with Gasteiger partial charge < -0.3 is 4.74 Å². The number of hydrogen-bond acceptors (Lipinski definition) is 2. The lowest BCUT2D eigenvalue weighted by Crippen LogP contribution is -2.21. The van der Waals surface area contributed by atoms with Gasteiger partial charge in [0, 0.05) is 5.02 Å². The summed E-state index contributed by atoms with van der Waals surface area (Å²) in [4.78, 5) is 0. The predicted octanol–water partition coefficient (Wildman–Crippen LogP) is 3.28. The molecule has 0 spiro atoms. The molecule has 1 fully saturated rings. The van der Waals surface area contributed by atoms with Gasteiger partial charge in [0.15, 0.2) is 0 Å². The number of benzene rings is 1. The molecule has 2 rings (SSSR count). The van der Waals surface area contributed by atoms with Crippen LogP contribution in [0.5, 0.6) is 0 Å². The molecule has 2 nitrogen and oxygen atoms in total. The second kappa shape index (κ2) is 4.65. The Morgan fingerprint density at radius 1 is 1.47 bits per heavy atom.